The molecule has 0 radical (unpaired) electrons. The van der Waals surface area contributed by atoms with Crippen molar-refractivity contribution in [3.63, 3.8) is 0 Å². The summed E-state index contributed by atoms with van der Waals surface area (Å²) in [5, 5.41) is 12.8. The van der Waals surface area contributed by atoms with Gasteiger partial charge in [-0.15, -0.1) is 0 Å². The minimum Gasteiger partial charge on any atom is -0.389 e. The third kappa shape index (κ3) is 3.71. The second kappa shape index (κ2) is 5.02. The smallest absolute Gasteiger partial charge is 0.151 e. The van der Waals surface area contributed by atoms with Crippen molar-refractivity contribution in [1.29, 1.82) is 0 Å². The molecule has 1 aliphatic carbocycles. The van der Waals surface area contributed by atoms with Crippen LogP contribution in [0.15, 0.2) is 0 Å². The molecule has 3 unspecified atom stereocenters. The van der Waals surface area contributed by atoms with Crippen molar-refractivity contribution in [1.82, 2.24) is 5.32 Å². The zero-order valence-electron chi connectivity index (χ0n) is 10.4. The molecule has 0 aromatic heterocycles. The third-order valence-corrected chi connectivity index (χ3v) is 5.17. The van der Waals surface area contributed by atoms with E-state index < -0.39 is 15.4 Å². The quantitative estimate of drug-likeness (QED) is 0.753. The molecule has 1 saturated carbocycles. The fourth-order valence-electron chi connectivity index (χ4n) is 2.15. The van der Waals surface area contributed by atoms with Gasteiger partial charge < -0.3 is 10.4 Å². The topological polar surface area (TPSA) is 66.4 Å². The molecule has 0 amide bonds. The molecule has 16 heavy (non-hydrogen) atoms. The van der Waals surface area contributed by atoms with Crippen LogP contribution in [0.4, 0.5) is 0 Å². The molecule has 1 fully saturated rings. The highest BCUT2D eigenvalue weighted by atomic mass is 32.2. The molecule has 1 rings (SSSR count). The lowest BCUT2D eigenvalue weighted by Gasteiger charge is -2.26. The molecule has 2 N–H and O–H groups in total. The van der Waals surface area contributed by atoms with Crippen molar-refractivity contribution in [3.05, 3.63) is 0 Å². The highest BCUT2D eigenvalue weighted by Crippen LogP contribution is 2.25. The molecular weight excluding hydrogens is 226 g/mol. The Morgan fingerprint density at radius 1 is 1.44 bits per heavy atom. The highest BCUT2D eigenvalue weighted by molar-refractivity contribution is 7.91. The molecule has 1 aliphatic rings. The Hall–Kier alpha value is -0.130. The monoisotopic (exact) mass is 249 g/mol. The molecule has 0 spiro atoms. The highest BCUT2D eigenvalue weighted by Gasteiger charge is 2.35. The van der Waals surface area contributed by atoms with Gasteiger partial charge >= 0.3 is 0 Å². The van der Waals surface area contributed by atoms with E-state index in [-0.39, 0.29) is 11.3 Å². The fourth-order valence-corrected chi connectivity index (χ4v) is 3.57. The van der Waals surface area contributed by atoms with E-state index in [0.29, 0.717) is 13.0 Å². The average molecular weight is 249 g/mol. The van der Waals surface area contributed by atoms with Crippen LogP contribution in [-0.4, -0.2) is 43.2 Å². The SMILES string of the molecule is CCC(C)(O)CNC1CCCC1S(C)(=O)=O. The maximum atomic E-state index is 11.5. The largest absolute Gasteiger partial charge is 0.389 e. The summed E-state index contributed by atoms with van der Waals surface area (Å²) in [4.78, 5) is 0. The van der Waals surface area contributed by atoms with Crippen LogP contribution in [0.2, 0.25) is 0 Å². The van der Waals surface area contributed by atoms with Crippen molar-refractivity contribution < 1.29 is 13.5 Å². The first-order chi connectivity index (χ1) is 7.26. The summed E-state index contributed by atoms with van der Waals surface area (Å²) in [5.41, 5.74) is -0.745. The number of hydrogen-bond acceptors (Lipinski definition) is 4. The number of aliphatic hydroxyl groups is 1. The second-order valence-electron chi connectivity index (χ2n) is 5.14. The van der Waals surface area contributed by atoms with Crippen LogP contribution in [0, 0.1) is 0 Å². The maximum absolute atomic E-state index is 11.5. The van der Waals surface area contributed by atoms with Crippen LogP contribution in [-0.2, 0) is 9.84 Å². The number of rotatable bonds is 5. The van der Waals surface area contributed by atoms with Gasteiger partial charge in [0.1, 0.15) is 0 Å². The summed E-state index contributed by atoms with van der Waals surface area (Å²) in [6.45, 7) is 4.15. The molecule has 0 bridgehead atoms. The molecule has 0 heterocycles. The lowest BCUT2D eigenvalue weighted by Crippen LogP contribution is -2.46. The van der Waals surface area contributed by atoms with Gasteiger partial charge in [-0.1, -0.05) is 13.3 Å². The fraction of sp³-hybridized carbons (Fsp3) is 1.00. The zero-order chi connectivity index (χ0) is 12.4. The van der Waals surface area contributed by atoms with E-state index >= 15 is 0 Å². The van der Waals surface area contributed by atoms with Gasteiger partial charge in [0.15, 0.2) is 9.84 Å². The lowest BCUT2D eigenvalue weighted by molar-refractivity contribution is 0.0531. The molecule has 4 nitrogen and oxygen atoms in total. The van der Waals surface area contributed by atoms with Gasteiger partial charge in [-0.2, -0.15) is 0 Å². The van der Waals surface area contributed by atoms with Crippen LogP contribution in [0.5, 0.6) is 0 Å². The standard InChI is InChI=1S/C11H23NO3S/c1-4-11(2,13)8-12-9-6-5-7-10(9)16(3,14)15/h9-10,12-13H,4-8H2,1-3H3. The second-order valence-corrected chi connectivity index (χ2v) is 7.40. The van der Waals surface area contributed by atoms with Gasteiger partial charge in [0.2, 0.25) is 0 Å². The Bertz CT molecular complexity index is 324. The lowest BCUT2D eigenvalue weighted by atomic mass is 10.0. The third-order valence-electron chi connectivity index (χ3n) is 3.51. The Labute approximate surface area is 98.4 Å². The minimum absolute atomic E-state index is 0.00743. The van der Waals surface area contributed by atoms with E-state index in [1.165, 1.54) is 6.26 Å². The van der Waals surface area contributed by atoms with E-state index in [1.54, 1.807) is 6.92 Å². The van der Waals surface area contributed by atoms with Crippen LogP contribution >= 0.6 is 0 Å². The Balaban J connectivity index is 2.55. The minimum atomic E-state index is -2.97. The Morgan fingerprint density at radius 3 is 2.56 bits per heavy atom. The number of nitrogens with one attached hydrogen (secondary N) is 1. The van der Waals surface area contributed by atoms with Crippen LogP contribution in [0.3, 0.4) is 0 Å². The predicted octanol–water partition coefficient (Wildman–Crippen LogP) is 0.703. The maximum Gasteiger partial charge on any atom is 0.151 e. The van der Waals surface area contributed by atoms with Crippen molar-refractivity contribution in [2.24, 2.45) is 0 Å². The van der Waals surface area contributed by atoms with Crippen molar-refractivity contribution in [3.8, 4) is 0 Å². The van der Waals surface area contributed by atoms with Gasteiger partial charge in [0.05, 0.1) is 10.9 Å². The molecule has 0 aromatic carbocycles. The van der Waals surface area contributed by atoms with Crippen LogP contribution < -0.4 is 5.32 Å². The summed E-state index contributed by atoms with van der Waals surface area (Å²) in [5.74, 6) is 0. The molecule has 0 saturated heterocycles. The van der Waals surface area contributed by atoms with E-state index in [4.69, 9.17) is 0 Å². The van der Waals surface area contributed by atoms with Crippen molar-refractivity contribution >= 4 is 9.84 Å². The Kier molecular flexibility index (Phi) is 4.37. The van der Waals surface area contributed by atoms with Gasteiger partial charge in [0.25, 0.3) is 0 Å². The molecular formula is C11H23NO3S. The molecule has 3 atom stereocenters. The first kappa shape index (κ1) is 13.9. The van der Waals surface area contributed by atoms with E-state index in [9.17, 15) is 13.5 Å². The van der Waals surface area contributed by atoms with Gasteiger partial charge in [-0.05, 0) is 26.2 Å². The predicted molar refractivity (Wildman–Crippen MR) is 65.2 cm³/mol. The molecule has 0 aromatic rings. The van der Waals surface area contributed by atoms with Gasteiger partial charge in [-0.25, -0.2) is 8.42 Å². The summed E-state index contributed by atoms with van der Waals surface area (Å²) in [6, 6.07) is 0.00743. The summed E-state index contributed by atoms with van der Waals surface area (Å²) >= 11 is 0. The summed E-state index contributed by atoms with van der Waals surface area (Å²) in [6.07, 6.45) is 4.54. The summed E-state index contributed by atoms with van der Waals surface area (Å²) < 4.78 is 23.1. The normalized spacial score (nSPS) is 30.2. The molecule has 5 heteroatoms. The van der Waals surface area contributed by atoms with Gasteiger partial charge in [-0.3, -0.25) is 0 Å². The van der Waals surface area contributed by atoms with Gasteiger partial charge in [0, 0.05) is 18.8 Å². The zero-order valence-corrected chi connectivity index (χ0v) is 11.2. The Morgan fingerprint density at radius 2 is 2.06 bits per heavy atom. The number of sulfone groups is 1. The van der Waals surface area contributed by atoms with Crippen LogP contribution in [0.1, 0.15) is 39.5 Å². The molecule has 0 aliphatic heterocycles. The van der Waals surface area contributed by atoms with Crippen molar-refractivity contribution in [2.75, 3.05) is 12.8 Å². The molecule has 96 valence electrons. The van der Waals surface area contributed by atoms with E-state index in [0.717, 1.165) is 19.3 Å². The van der Waals surface area contributed by atoms with Crippen molar-refractivity contribution in [2.45, 2.75) is 56.4 Å². The average Bonchev–Trinajstić information content (AvgIpc) is 2.62. The van der Waals surface area contributed by atoms with E-state index in [2.05, 4.69) is 5.32 Å². The summed E-state index contributed by atoms with van der Waals surface area (Å²) in [7, 11) is -2.97. The first-order valence-corrected chi connectivity index (χ1v) is 7.86. The van der Waals surface area contributed by atoms with E-state index in [1.807, 2.05) is 6.92 Å². The number of hydrogen-bond donors (Lipinski definition) is 2. The van der Waals surface area contributed by atoms with Crippen LogP contribution in [0.25, 0.3) is 0 Å². The first-order valence-electron chi connectivity index (χ1n) is 5.91.